The van der Waals surface area contributed by atoms with Crippen molar-refractivity contribution in [2.75, 3.05) is 17.7 Å². The maximum Gasteiger partial charge on any atom is 0.416 e. The van der Waals surface area contributed by atoms with E-state index in [0.717, 1.165) is 23.6 Å². The van der Waals surface area contributed by atoms with E-state index in [2.05, 4.69) is 20.6 Å². The number of nitrogens with zero attached hydrogens (tertiary/aromatic N) is 2. The van der Waals surface area contributed by atoms with Crippen LogP contribution in [-0.2, 0) is 6.18 Å². The van der Waals surface area contributed by atoms with Crippen LogP contribution in [0.5, 0.6) is 5.75 Å². The SMILES string of the molecule is COc1ccc(Nc2ccnc(Nc3ccc(C(F)(F)F)cc3)n2)cc1. The van der Waals surface area contributed by atoms with E-state index >= 15 is 0 Å². The highest BCUT2D eigenvalue weighted by Gasteiger charge is 2.29. The molecule has 0 amide bonds. The summed E-state index contributed by atoms with van der Waals surface area (Å²) in [7, 11) is 1.59. The zero-order valence-corrected chi connectivity index (χ0v) is 13.7. The lowest BCUT2D eigenvalue weighted by atomic mass is 10.2. The van der Waals surface area contributed by atoms with Crippen molar-refractivity contribution in [1.82, 2.24) is 9.97 Å². The Labute approximate surface area is 147 Å². The second-order valence-electron chi connectivity index (χ2n) is 5.32. The fourth-order valence-electron chi connectivity index (χ4n) is 2.18. The third-order valence-electron chi connectivity index (χ3n) is 3.49. The molecule has 2 N–H and O–H groups in total. The maximum atomic E-state index is 12.6. The van der Waals surface area contributed by atoms with Crippen LogP contribution in [0.3, 0.4) is 0 Å². The van der Waals surface area contributed by atoms with Crippen molar-refractivity contribution in [3.05, 3.63) is 66.4 Å². The number of alkyl halides is 3. The van der Waals surface area contributed by atoms with Gasteiger partial charge in [0.15, 0.2) is 0 Å². The number of anilines is 4. The van der Waals surface area contributed by atoms with E-state index in [1.165, 1.54) is 12.1 Å². The lowest BCUT2D eigenvalue weighted by Crippen LogP contribution is -2.05. The molecule has 5 nitrogen and oxygen atoms in total. The van der Waals surface area contributed by atoms with Crippen LogP contribution < -0.4 is 15.4 Å². The van der Waals surface area contributed by atoms with E-state index < -0.39 is 11.7 Å². The Morgan fingerprint density at radius 2 is 1.46 bits per heavy atom. The van der Waals surface area contributed by atoms with Crippen LogP contribution in [0.25, 0.3) is 0 Å². The van der Waals surface area contributed by atoms with Gasteiger partial charge in [-0.15, -0.1) is 0 Å². The molecule has 3 aromatic rings. The summed E-state index contributed by atoms with van der Waals surface area (Å²) in [5.41, 5.74) is 0.559. The number of benzene rings is 2. The first kappa shape index (κ1) is 17.5. The summed E-state index contributed by atoms with van der Waals surface area (Å²) in [6.45, 7) is 0. The third-order valence-corrected chi connectivity index (χ3v) is 3.49. The van der Waals surface area contributed by atoms with Crippen LogP contribution in [0.15, 0.2) is 60.8 Å². The molecule has 134 valence electrons. The molecule has 1 heterocycles. The fourth-order valence-corrected chi connectivity index (χ4v) is 2.18. The number of hydrogen-bond donors (Lipinski definition) is 2. The predicted molar refractivity (Wildman–Crippen MR) is 93.0 cm³/mol. The summed E-state index contributed by atoms with van der Waals surface area (Å²) in [5, 5.41) is 5.99. The molecule has 26 heavy (non-hydrogen) atoms. The van der Waals surface area contributed by atoms with Crippen molar-refractivity contribution in [2.24, 2.45) is 0 Å². The Morgan fingerprint density at radius 3 is 2.08 bits per heavy atom. The van der Waals surface area contributed by atoms with Gasteiger partial charge in [0, 0.05) is 17.6 Å². The van der Waals surface area contributed by atoms with Crippen molar-refractivity contribution in [3.8, 4) is 5.75 Å². The lowest BCUT2D eigenvalue weighted by Gasteiger charge is -2.10. The highest BCUT2D eigenvalue weighted by atomic mass is 19.4. The molecule has 0 aliphatic carbocycles. The van der Waals surface area contributed by atoms with Crippen molar-refractivity contribution in [2.45, 2.75) is 6.18 Å². The van der Waals surface area contributed by atoms with E-state index in [1.54, 1.807) is 19.4 Å². The topological polar surface area (TPSA) is 59.1 Å². The van der Waals surface area contributed by atoms with Crippen molar-refractivity contribution < 1.29 is 17.9 Å². The first-order valence-corrected chi connectivity index (χ1v) is 7.62. The second-order valence-corrected chi connectivity index (χ2v) is 5.32. The second kappa shape index (κ2) is 7.30. The Hall–Kier alpha value is -3.29. The monoisotopic (exact) mass is 360 g/mol. The summed E-state index contributed by atoms with van der Waals surface area (Å²) in [4.78, 5) is 8.36. The Kier molecular flexibility index (Phi) is 4.92. The number of halogens is 3. The summed E-state index contributed by atoms with van der Waals surface area (Å²) >= 11 is 0. The predicted octanol–water partition coefficient (Wildman–Crippen LogP) is 4.99. The van der Waals surface area contributed by atoms with Gasteiger partial charge in [0.1, 0.15) is 11.6 Å². The number of ether oxygens (including phenoxy) is 1. The molecule has 0 atom stereocenters. The number of nitrogens with one attached hydrogen (secondary N) is 2. The minimum absolute atomic E-state index is 0.267. The summed E-state index contributed by atoms with van der Waals surface area (Å²) in [6, 6.07) is 13.6. The smallest absolute Gasteiger partial charge is 0.416 e. The Balaban J connectivity index is 1.70. The van der Waals surface area contributed by atoms with Gasteiger partial charge < -0.3 is 15.4 Å². The first-order chi connectivity index (χ1) is 12.4. The average Bonchev–Trinajstić information content (AvgIpc) is 2.62. The molecule has 0 radical (unpaired) electrons. The van der Waals surface area contributed by atoms with E-state index in [4.69, 9.17) is 4.74 Å². The average molecular weight is 360 g/mol. The summed E-state index contributed by atoms with van der Waals surface area (Å²) in [5.74, 6) is 1.55. The first-order valence-electron chi connectivity index (χ1n) is 7.62. The molecule has 0 spiro atoms. The molecule has 2 aromatic carbocycles. The zero-order chi connectivity index (χ0) is 18.6. The number of hydrogen-bond acceptors (Lipinski definition) is 5. The summed E-state index contributed by atoms with van der Waals surface area (Å²) < 4.78 is 42.9. The van der Waals surface area contributed by atoms with Gasteiger partial charge in [0.2, 0.25) is 5.95 Å². The van der Waals surface area contributed by atoms with Crippen LogP contribution in [0.4, 0.5) is 36.3 Å². The fraction of sp³-hybridized carbons (Fsp3) is 0.111. The van der Waals surface area contributed by atoms with Crippen LogP contribution in [0.2, 0.25) is 0 Å². The van der Waals surface area contributed by atoms with Gasteiger partial charge in [-0.3, -0.25) is 0 Å². The summed E-state index contributed by atoms with van der Waals surface area (Å²) in [6.07, 6.45) is -2.82. The van der Waals surface area contributed by atoms with Crippen molar-refractivity contribution >= 4 is 23.1 Å². The maximum absolute atomic E-state index is 12.6. The minimum Gasteiger partial charge on any atom is -0.497 e. The molecular weight excluding hydrogens is 345 g/mol. The van der Waals surface area contributed by atoms with E-state index in [9.17, 15) is 13.2 Å². The minimum atomic E-state index is -4.36. The van der Waals surface area contributed by atoms with Gasteiger partial charge in [-0.05, 0) is 54.6 Å². The third kappa shape index (κ3) is 4.41. The largest absolute Gasteiger partial charge is 0.497 e. The Bertz CT molecular complexity index is 865. The van der Waals surface area contributed by atoms with Gasteiger partial charge in [-0.1, -0.05) is 0 Å². The molecular formula is C18H15F3N4O. The molecule has 0 saturated carbocycles. The lowest BCUT2D eigenvalue weighted by molar-refractivity contribution is -0.137. The quantitative estimate of drug-likeness (QED) is 0.671. The van der Waals surface area contributed by atoms with Gasteiger partial charge >= 0.3 is 6.18 Å². The highest BCUT2D eigenvalue weighted by Crippen LogP contribution is 2.30. The van der Waals surface area contributed by atoms with Gasteiger partial charge in [0.05, 0.1) is 12.7 Å². The molecule has 0 saturated heterocycles. The molecule has 0 unspecified atom stereocenters. The molecule has 0 aliphatic heterocycles. The molecule has 0 aliphatic rings. The highest BCUT2D eigenvalue weighted by molar-refractivity contribution is 5.60. The zero-order valence-electron chi connectivity index (χ0n) is 13.7. The number of rotatable bonds is 5. The van der Waals surface area contributed by atoms with Crippen LogP contribution in [0.1, 0.15) is 5.56 Å². The van der Waals surface area contributed by atoms with Crippen LogP contribution >= 0.6 is 0 Å². The Morgan fingerprint density at radius 1 is 0.846 bits per heavy atom. The van der Waals surface area contributed by atoms with E-state index in [-0.39, 0.29) is 5.95 Å². The van der Waals surface area contributed by atoms with Gasteiger partial charge in [0.25, 0.3) is 0 Å². The van der Waals surface area contributed by atoms with Crippen LogP contribution in [0, 0.1) is 0 Å². The van der Waals surface area contributed by atoms with Crippen molar-refractivity contribution in [3.63, 3.8) is 0 Å². The van der Waals surface area contributed by atoms with Crippen molar-refractivity contribution in [1.29, 1.82) is 0 Å². The molecule has 0 fully saturated rings. The molecule has 1 aromatic heterocycles. The molecule has 8 heteroatoms. The van der Waals surface area contributed by atoms with Gasteiger partial charge in [-0.2, -0.15) is 18.2 Å². The normalized spacial score (nSPS) is 11.1. The van der Waals surface area contributed by atoms with Gasteiger partial charge in [-0.25, -0.2) is 4.98 Å². The standard InChI is InChI=1S/C18H15F3N4O/c1-26-15-8-6-13(7-9-15)23-16-10-11-22-17(25-16)24-14-4-2-12(3-5-14)18(19,20)21/h2-11H,1H3,(H2,22,23,24,25). The van der Waals surface area contributed by atoms with Crippen LogP contribution in [-0.4, -0.2) is 17.1 Å². The number of methoxy groups -OCH3 is 1. The molecule has 3 rings (SSSR count). The van der Waals surface area contributed by atoms with E-state index in [0.29, 0.717) is 11.5 Å². The van der Waals surface area contributed by atoms with E-state index in [1.807, 2.05) is 24.3 Å². The molecule has 0 bridgehead atoms. The number of aromatic nitrogens is 2.